The van der Waals surface area contributed by atoms with Gasteiger partial charge in [-0.05, 0) is 6.92 Å². The van der Waals surface area contributed by atoms with Crippen LogP contribution in [0, 0.1) is 16.7 Å². The van der Waals surface area contributed by atoms with E-state index in [0.29, 0.717) is 12.0 Å². The highest BCUT2D eigenvalue weighted by Gasteiger charge is 2.38. The Bertz CT molecular complexity index is 447. The molecule has 1 unspecified atom stereocenters. The number of aliphatic imine (C=N–C) groups is 1. The number of nitrogens with one attached hydrogen (secondary N) is 2. The van der Waals surface area contributed by atoms with Crippen LogP contribution in [0.4, 0.5) is 0 Å². The van der Waals surface area contributed by atoms with Crippen LogP contribution >= 0.6 is 0 Å². The van der Waals surface area contributed by atoms with Gasteiger partial charge in [0.2, 0.25) is 0 Å². The normalized spacial score (nSPS) is 25.6. The second-order valence-corrected chi connectivity index (χ2v) is 6.14. The third-order valence-corrected chi connectivity index (χ3v) is 4.53. The summed E-state index contributed by atoms with van der Waals surface area (Å²) in [5.41, 5.74) is 0. The molecular formula is C14H24N6. The lowest BCUT2D eigenvalue weighted by atomic mass is 9.95. The maximum Gasteiger partial charge on any atom is 0.0979 e. The van der Waals surface area contributed by atoms with Crippen molar-refractivity contribution >= 4 is 17.5 Å². The summed E-state index contributed by atoms with van der Waals surface area (Å²) in [5.74, 6) is 3.22. The lowest BCUT2D eigenvalue weighted by Crippen LogP contribution is -2.51. The maximum atomic E-state index is 8.17. The van der Waals surface area contributed by atoms with Crippen molar-refractivity contribution in [3.05, 3.63) is 0 Å². The van der Waals surface area contributed by atoms with Gasteiger partial charge in [0, 0.05) is 58.5 Å². The fourth-order valence-electron chi connectivity index (χ4n) is 2.87. The van der Waals surface area contributed by atoms with Gasteiger partial charge in [-0.3, -0.25) is 15.8 Å². The number of hydrogen-bond donors (Lipinski definition) is 2. The summed E-state index contributed by atoms with van der Waals surface area (Å²) in [7, 11) is 1.82. The van der Waals surface area contributed by atoms with E-state index in [-0.39, 0.29) is 0 Å². The largest absolute Gasteiger partial charge is 0.360 e. The molecule has 0 radical (unpaired) electrons. The van der Waals surface area contributed by atoms with Crippen LogP contribution < -0.4 is 0 Å². The third-order valence-electron chi connectivity index (χ3n) is 4.53. The van der Waals surface area contributed by atoms with Gasteiger partial charge >= 0.3 is 0 Å². The van der Waals surface area contributed by atoms with E-state index in [9.17, 15) is 0 Å². The monoisotopic (exact) mass is 276 g/mol. The predicted octanol–water partition coefficient (Wildman–Crippen LogP) is 0.701. The van der Waals surface area contributed by atoms with Gasteiger partial charge in [-0.15, -0.1) is 0 Å². The molecule has 20 heavy (non-hydrogen) atoms. The highest BCUT2D eigenvalue weighted by Crippen LogP contribution is 2.27. The number of likely N-dealkylation sites (tertiary alicyclic amines) is 1. The first kappa shape index (κ1) is 13.4. The van der Waals surface area contributed by atoms with Crippen LogP contribution in [-0.4, -0.2) is 78.0 Å². The van der Waals surface area contributed by atoms with Crippen molar-refractivity contribution in [2.45, 2.75) is 25.8 Å². The van der Waals surface area contributed by atoms with Crippen LogP contribution in [0.2, 0.25) is 0 Å². The van der Waals surface area contributed by atoms with Crippen molar-refractivity contribution in [2.75, 3.05) is 39.8 Å². The molecule has 0 aromatic carbocycles. The Morgan fingerprint density at radius 3 is 2.30 bits per heavy atom. The van der Waals surface area contributed by atoms with Crippen LogP contribution in [0.5, 0.6) is 0 Å². The standard InChI is InChI=1S/C14H24N6/c1-10(17-2)20-9-12(20)6-14(16)19-7-11(8-19)5-13(15)18-3-4-18/h11-12,15-16H,3-9H2,1-2H3/b15-13?,16-14?,17-10-. The Labute approximate surface area is 120 Å². The molecule has 110 valence electrons. The van der Waals surface area contributed by atoms with E-state index in [1.807, 2.05) is 14.0 Å². The van der Waals surface area contributed by atoms with Crippen molar-refractivity contribution in [3.8, 4) is 0 Å². The maximum absolute atomic E-state index is 8.17. The van der Waals surface area contributed by atoms with Crippen LogP contribution in [-0.2, 0) is 0 Å². The zero-order valence-electron chi connectivity index (χ0n) is 12.4. The number of amidine groups is 3. The summed E-state index contributed by atoms with van der Waals surface area (Å²) >= 11 is 0. The van der Waals surface area contributed by atoms with Crippen LogP contribution in [0.1, 0.15) is 19.8 Å². The fourth-order valence-corrected chi connectivity index (χ4v) is 2.87. The summed E-state index contributed by atoms with van der Waals surface area (Å²) in [4.78, 5) is 10.7. The highest BCUT2D eigenvalue weighted by atomic mass is 15.3. The summed E-state index contributed by atoms with van der Waals surface area (Å²) < 4.78 is 0. The first-order valence-corrected chi connectivity index (χ1v) is 7.43. The Hall–Kier alpha value is -1.59. The lowest BCUT2D eigenvalue weighted by Gasteiger charge is -2.41. The summed E-state index contributed by atoms with van der Waals surface area (Å²) in [5, 5.41) is 16.1. The molecule has 3 aliphatic heterocycles. The summed E-state index contributed by atoms with van der Waals surface area (Å²) in [6.45, 7) is 7.14. The van der Waals surface area contributed by atoms with Crippen LogP contribution in [0.3, 0.4) is 0 Å². The van der Waals surface area contributed by atoms with Gasteiger partial charge in [-0.25, -0.2) is 0 Å². The van der Waals surface area contributed by atoms with Gasteiger partial charge in [0.1, 0.15) is 0 Å². The van der Waals surface area contributed by atoms with Gasteiger partial charge < -0.3 is 14.7 Å². The van der Waals surface area contributed by atoms with Crippen molar-refractivity contribution < 1.29 is 0 Å². The van der Waals surface area contributed by atoms with Gasteiger partial charge in [0.05, 0.1) is 23.5 Å². The predicted molar refractivity (Wildman–Crippen MR) is 80.9 cm³/mol. The van der Waals surface area contributed by atoms with E-state index in [1.165, 1.54) is 0 Å². The molecule has 0 aromatic heterocycles. The minimum absolute atomic E-state index is 0.487. The average Bonchev–Trinajstić information content (AvgIpc) is 3.23. The van der Waals surface area contributed by atoms with E-state index in [4.69, 9.17) is 10.8 Å². The zero-order chi connectivity index (χ0) is 14.3. The van der Waals surface area contributed by atoms with E-state index in [2.05, 4.69) is 19.7 Å². The second kappa shape index (κ2) is 5.07. The van der Waals surface area contributed by atoms with Crippen LogP contribution in [0.25, 0.3) is 0 Å². The molecule has 0 aliphatic carbocycles. The van der Waals surface area contributed by atoms with E-state index < -0.39 is 0 Å². The Balaban J connectivity index is 1.35. The first-order chi connectivity index (χ1) is 9.58. The minimum atomic E-state index is 0.487. The van der Waals surface area contributed by atoms with Crippen molar-refractivity contribution in [2.24, 2.45) is 10.9 Å². The Morgan fingerprint density at radius 1 is 1.05 bits per heavy atom. The quantitative estimate of drug-likeness (QED) is 0.451. The second-order valence-electron chi connectivity index (χ2n) is 6.14. The zero-order valence-corrected chi connectivity index (χ0v) is 12.4. The molecule has 6 nitrogen and oxygen atoms in total. The number of rotatable bonds is 4. The minimum Gasteiger partial charge on any atom is -0.360 e. The van der Waals surface area contributed by atoms with E-state index >= 15 is 0 Å². The number of hydrogen-bond acceptors (Lipinski definition) is 3. The molecule has 0 spiro atoms. The molecule has 0 aromatic rings. The fraction of sp³-hybridized carbons (Fsp3) is 0.786. The Morgan fingerprint density at radius 2 is 1.70 bits per heavy atom. The Kier molecular flexibility index (Phi) is 3.40. The molecule has 3 aliphatic rings. The molecule has 0 saturated carbocycles. The molecule has 3 heterocycles. The van der Waals surface area contributed by atoms with Crippen molar-refractivity contribution in [1.29, 1.82) is 10.8 Å². The lowest BCUT2D eigenvalue weighted by molar-refractivity contribution is 0.187. The van der Waals surface area contributed by atoms with Crippen LogP contribution in [0.15, 0.2) is 4.99 Å². The molecule has 0 amide bonds. The van der Waals surface area contributed by atoms with Gasteiger partial charge in [0.25, 0.3) is 0 Å². The third kappa shape index (κ3) is 2.78. The van der Waals surface area contributed by atoms with Crippen molar-refractivity contribution in [1.82, 2.24) is 14.7 Å². The van der Waals surface area contributed by atoms with Gasteiger partial charge in [-0.1, -0.05) is 0 Å². The smallest absolute Gasteiger partial charge is 0.0979 e. The molecule has 2 N–H and O–H groups in total. The number of nitrogens with zero attached hydrogens (tertiary/aromatic N) is 4. The topological polar surface area (TPSA) is 69.3 Å². The molecule has 0 bridgehead atoms. The van der Waals surface area contributed by atoms with Crippen molar-refractivity contribution in [3.63, 3.8) is 0 Å². The highest BCUT2D eigenvalue weighted by molar-refractivity contribution is 5.86. The molecular weight excluding hydrogens is 252 g/mol. The average molecular weight is 276 g/mol. The van der Waals surface area contributed by atoms with E-state index in [0.717, 1.165) is 63.1 Å². The molecule has 3 fully saturated rings. The molecule has 1 atom stereocenters. The van der Waals surface area contributed by atoms with Gasteiger partial charge in [-0.2, -0.15) is 0 Å². The van der Waals surface area contributed by atoms with Gasteiger partial charge in [0.15, 0.2) is 0 Å². The summed E-state index contributed by atoms with van der Waals surface area (Å²) in [6.07, 6.45) is 1.73. The molecule has 3 rings (SSSR count). The molecule has 6 heteroatoms. The SMILES string of the molecule is C/N=C(/C)N1CC1CC(=N)N1CC(CC(=N)N2CC2)C1. The molecule has 3 saturated heterocycles. The van der Waals surface area contributed by atoms with E-state index in [1.54, 1.807) is 0 Å². The first-order valence-electron chi connectivity index (χ1n) is 7.43. The summed E-state index contributed by atoms with van der Waals surface area (Å²) in [6, 6.07) is 0.487.